The van der Waals surface area contributed by atoms with Gasteiger partial charge in [-0.15, -0.1) is 0 Å². The quantitative estimate of drug-likeness (QED) is 0.585. The van der Waals surface area contributed by atoms with Crippen LogP contribution in [-0.4, -0.2) is 23.8 Å². The van der Waals surface area contributed by atoms with Gasteiger partial charge in [-0.1, -0.05) is 28.1 Å². The lowest BCUT2D eigenvalue weighted by atomic mass is 10.1. The molecule has 2 rings (SSSR count). The molecular formula is C19H21BrN2O3. The van der Waals surface area contributed by atoms with Crippen molar-refractivity contribution < 1.29 is 14.6 Å². The summed E-state index contributed by atoms with van der Waals surface area (Å²) >= 11 is 3.36. The summed E-state index contributed by atoms with van der Waals surface area (Å²) in [5.41, 5.74) is 6.74. The summed E-state index contributed by atoms with van der Waals surface area (Å²) in [5.74, 6) is 0.477. The van der Waals surface area contributed by atoms with E-state index < -0.39 is 0 Å². The van der Waals surface area contributed by atoms with Gasteiger partial charge < -0.3 is 9.84 Å². The topological polar surface area (TPSA) is 70.9 Å². The first kappa shape index (κ1) is 19.0. The number of halogens is 1. The van der Waals surface area contributed by atoms with E-state index in [9.17, 15) is 9.90 Å². The predicted octanol–water partition coefficient (Wildman–Crippen LogP) is 3.92. The van der Waals surface area contributed by atoms with Gasteiger partial charge in [-0.25, -0.2) is 5.43 Å². The van der Waals surface area contributed by atoms with Crippen LogP contribution in [0.4, 0.5) is 0 Å². The third kappa shape index (κ3) is 4.82. The fraction of sp³-hybridized carbons (Fsp3) is 0.263. The third-order valence-corrected chi connectivity index (χ3v) is 4.37. The molecule has 0 heterocycles. The lowest BCUT2D eigenvalue weighted by Gasteiger charge is -2.13. The van der Waals surface area contributed by atoms with E-state index >= 15 is 0 Å². The number of hydrazone groups is 1. The minimum Gasteiger partial charge on any atom is -0.507 e. The molecule has 2 aromatic carbocycles. The van der Waals surface area contributed by atoms with Gasteiger partial charge in [-0.2, -0.15) is 5.10 Å². The van der Waals surface area contributed by atoms with Gasteiger partial charge in [0.05, 0.1) is 6.21 Å². The Balaban J connectivity index is 1.97. The van der Waals surface area contributed by atoms with Crippen LogP contribution >= 0.6 is 15.9 Å². The fourth-order valence-electron chi connectivity index (χ4n) is 2.35. The Morgan fingerprint density at radius 3 is 2.60 bits per heavy atom. The van der Waals surface area contributed by atoms with Gasteiger partial charge in [0, 0.05) is 10.0 Å². The summed E-state index contributed by atoms with van der Waals surface area (Å²) in [6.45, 7) is 7.56. The first-order chi connectivity index (χ1) is 11.8. The van der Waals surface area contributed by atoms with Gasteiger partial charge in [-0.05, 0) is 62.1 Å². The molecule has 0 spiro atoms. The SMILES string of the molecule is Cc1ccc(C)c(OCC(=O)NN=Cc2cc(Br)cc(C)c2O)c1C. The highest BCUT2D eigenvalue weighted by Crippen LogP contribution is 2.26. The predicted molar refractivity (Wildman–Crippen MR) is 102 cm³/mol. The van der Waals surface area contributed by atoms with Crippen molar-refractivity contribution in [3.05, 3.63) is 56.6 Å². The van der Waals surface area contributed by atoms with E-state index in [2.05, 4.69) is 26.5 Å². The summed E-state index contributed by atoms with van der Waals surface area (Å²) in [4.78, 5) is 11.9. The van der Waals surface area contributed by atoms with Crippen molar-refractivity contribution in [2.24, 2.45) is 5.10 Å². The maximum Gasteiger partial charge on any atom is 0.277 e. The number of nitrogens with zero attached hydrogens (tertiary/aromatic N) is 1. The first-order valence-electron chi connectivity index (χ1n) is 7.80. The minimum atomic E-state index is -0.372. The summed E-state index contributed by atoms with van der Waals surface area (Å²) in [6.07, 6.45) is 1.40. The molecule has 0 aliphatic carbocycles. The normalized spacial score (nSPS) is 10.9. The lowest BCUT2D eigenvalue weighted by Crippen LogP contribution is -2.25. The zero-order valence-corrected chi connectivity index (χ0v) is 16.3. The Morgan fingerprint density at radius 2 is 1.88 bits per heavy atom. The molecule has 0 atom stereocenters. The van der Waals surface area contributed by atoms with Gasteiger partial charge in [0.2, 0.25) is 0 Å². The Labute approximate surface area is 155 Å². The number of nitrogens with one attached hydrogen (secondary N) is 1. The fourth-order valence-corrected chi connectivity index (χ4v) is 2.94. The van der Waals surface area contributed by atoms with Crippen LogP contribution in [0.15, 0.2) is 33.8 Å². The van der Waals surface area contributed by atoms with E-state index in [1.807, 2.05) is 32.9 Å². The van der Waals surface area contributed by atoms with E-state index in [0.717, 1.165) is 32.5 Å². The molecular weight excluding hydrogens is 384 g/mol. The van der Waals surface area contributed by atoms with Crippen molar-refractivity contribution >= 4 is 28.1 Å². The number of hydrogen-bond acceptors (Lipinski definition) is 4. The molecule has 25 heavy (non-hydrogen) atoms. The number of rotatable bonds is 5. The average Bonchev–Trinajstić information content (AvgIpc) is 2.55. The van der Waals surface area contributed by atoms with E-state index in [0.29, 0.717) is 5.56 Å². The molecule has 2 N–H and O–H groups in total. The van der Waals surface area contributed by atoms with Crippen molar-refractivity contribution in [3.63, 3.8) is 0 Å². The number of aryl methyl sites for hydroxylation is 3. The van der Waals surface area contributed by atoms with Crippen LogP contribution in [0, 0.1) is 27.7 Å². The minimum absolute atomic E-state index is 0.128. The van der Waals surface area contributed by atoms with Crippen molar-refractivity contribution in [1.29, 1.82) is 0 Å². The second-order valence-corrected chi connectivity index (χ2v) is 6.81. The summed E-state index contributed by atoms with van der Waals surface area (Å²) in [5, 5.41) is 13.9. The van der Waals surface area contributed by atoms with Gasteiger partial charge in [0.1, 0.15) is 11.5 Å². The number of hydrogen-bond donors (Lipinski definition) is 2. The van der Waals surface area contributed by atoms with Crippen molar-refractivity contribution in [2.45, 2.75) is 27.7 Å². The van der Waals surface area contributed by atoms with Crippen LogP contribution in [0.1, 0.15) is 27.8 Å². The molecule has 0 saturated carbocycles. The van der Waals surface area contributed by atoms with E-state index in [1.165, 1.54) is 6.21 Å². The smallest absolute Gasteiger partial charge is 0.277 e. The number of amides is 1. The van der Waals surface area contributed by atoms with Crippen LogP contribution < -0.4 is 10.2 Å². The molecule has 0 unspecified atom stereocenters. The Kier molecular flexibility index (Phi) is 6.20. The van der Waals surface area contributed by atoms with Crippen molar-refractivity contribution in [3.8, 4) is 11.5 Å². The van der Waals surface area contributed by atoms with Gasteiger partial charge in [0.15, 0.2) is 6.61 Å². The molecule has 132 valence electrons. The second-order valence-electron chi connectivity index (χ2n) is 5.90. The maximum atomic E-state index is 11.9. The monoisotopic (exact) mass is 404 g/mol. The molecule has 2 aromatic rings. The average molecular weight is 405 g/mol. The van der Waals surface area contributed by atoms with Crippen LogP contribution in [-0.2, 0) is 4.79 Å². The van der Waals surface area contributed by atoms with Gasteiger partial charge in [-0.3, -0.25) is 4.79 Å². The number of phenols is 1. The summed E-state index contributed by atoms with van der Waals surface area (Å²) < 4.78 is 6.46. The number of ether oxygens (including phenoxy) is 1. The maximum absolute atomic E-state index is 11.9. The highest BCUT2D eigenvalue weighted by molar-refractivity contribution is 9.10. The molecule has 0 aliphatic rings. The molecule has 0 bridgehead atoms. The van der Waals surface area contributed by atoms with Crippen LogP contribution in [0.2, 0.25) is 0 Å². The molecule has 0 aliphatic heterocycles. The zero-order chi connectivity index (χ0) is 18.6. The Morgan fingerprint density at radius 1 is 1.20 bits per heavy atom. The van der Waals surface area contributed by atoms with E-state index in [1.54, 1.807) is 19.1 Å². The van der Waals surface area contributed by atoms with Gasteiger partial charge >= 0.3 is 0 Å². The standard InChI is InChI=1S/C19H21BrN2O3/c1-11-5-6-12(2)19(14(11)4)25-10-17(23)22-21-9-15-8-16(20)7-13(3)18(15)24/h5-9,24H,10H2,1-4H3,(H,22,23). The molecule has 0 saturated heterocycles. The van der Waals surface area contributed by atoms with Crippen LogP contribution in [0.3, 0.4) is 0 Å². The molecule has 0 radical (unpaired) electrons. The largest absolute Gasteiger partial charge is 0.507 e. The molecule has 0 aromatic heterocycles. The Bertz CT molecular complexity index is 832. The van der Waals surface area contributed by atoms with E-state index in [-0.39, 0.29) is 18.3 Å². The van der Waals surface area contributed by atoms with Gasteiger partial charge in [0.25, 0.3) is 5.91 Å². The second kappa shape index (κ2) is 8.16. The number of carbonyl (C=O) groups is 1. The molecule has 5 nitrogen and oxygen atoms in total. The van der Waals surface area contributed by atoms with Crippen LogP contribution in [0.5, 0.6) is 11.5 Å². The summed E-state index contributed by atoms with van der Waals surface area (Å²) in [7, 11) is 0. The highest BCUT2D eigenvalue weighted by atomic mass is 79.9. The molecule has 1 amide bonds. The summed E-state index contributed by atoms with van der Waals surface area (Å²) in [6, 6.07) is 7.50. The lowest BCUT2D eigenvalue weighted by molar-refractivity contribution is -0.123. The van der Waals surface area contributed by atoms with E-state index in [4.69, 9.17) is 4.74 Å². The molecule has 0 fully saturated rings. The number of carbonyl (C=O) groups excluding carboxylic acids is 1. The van der Waals surface area contributed by atoms with Crippen molar-refractivity contribution in [1.82, 2.24) is 5.43 Å². The number of phenolic OH excluding ortho intramolecular Hbond substituents is 1. The number of aromatic hydroxyl groups is 1. The Hall–Kier alpha value is -2.34. The highest BCUT2D eigenvalue weighted by Gasteiger charge is 2.09. The first-order valence-corrected chi connectivity index (χ1v) is 8.59. The third-order valence-electron chi connectivity index (χ3n) is 3.91. The number of benzene rings is 2. The van der Waals surface area contributed by atoms with Crippen LogP contribution in [0.25, 0.3) is 0 Å². The zero-order valence-electron chi connectivity index (χ0n) is 14.7. The van der Waals surface area contributed by atoms with Crippen molar-refractivity contribution in [2.75, 3.05) is 6.61 Å². The molecule has 6 heteroatoms.